The van der Waals surface area contributed by atoms with Crippen LogP contribution in [0.15, 0.2) is 48.8 Å². The fourth-order valence-corrected chi connectivity index (χ4v) is 3.77. The number of anilines is 2. The van der Waals surface area contributed by atoms with Gasteiger partial charge in [-0.3, -0.25) is 9.59 Å². The van der Waals surface area contributed by atoms with Crippen LogP contribution < -0.4 is 20.7 Å². The topological polar surface area (TPSA) is 105 Å². The molecule has 0 saturated carbocycles. The summed E-state index contributed by atoms with van der Waals surface area (Å²) < 4.78 is 5.51. The van der Waals surface area contributed by atoms with Crippen LogP contribution in [0.1, 0.15) is 34.3 Å². The maximum Gasteiger partial charge on any atom is 0.251 e. The summed E-state index contributed by atoms with van der Waals surface area (Å²) in [6, 6.07) is 13.2. The number of carbonyl (C=O) groups is 2. The van der Waals surface area contributed by atoms with Gasteiger partial charge in [-0.1, -0.05) is 19.1 Å². The quantitative estimate of drug-likeness (QED) is 0.531. The molecule has 2 amide bonds. The Morgan fingerprint density at radius 1 is 1.19 bits per heavy atom. The number of benzene rings is 2. The van der Waals surface area contributed by atoms with Crippen LogP contribution in [0.4, 0.5) is 11.5 Å². The molecule has 4 rings (SSSR count). The fraction of sp³-hybridized carbons (Fsp3) is 0.250. The average Bonchev–Trinajstić information content (AvgIpc) is 3.20. The lowest BCUT2D eigenvalue weighted by atomic mass is 9.98. The van der Waals surface area contributed by atoms with Crippen LogP contribution >= 0.6 is 0 Å². The minimum absolute atomic E-state index is 0.00923. The first-order valence-corrected chi connectivity index (χ1v) is 10.4. The van der Waals surface area contributed by atoms with E-state index in [-0.39, 0.29) is 17.7 Å². The summed E-state index contributed by atoms with van der Waals surface area (Å²) in [6.07, 6.45) is 1.91. The van der Waals surface area contributed by atoms with Gasteiger partial charge in [-0.25, -0.2) is 9.97 Å². The summed E-state index contributed by atoms with van der Waals surface area (Å²) in [4.78, 5) is 32.2. The van der Waals surface area contributed by atoms with E-state index in [0.29, 0.717) is 30.1 Å². The number of hydrogen-bond acceptors (Lipinski definition) is 6. The van der Waals surface area contributed by atoms with Crippen molar-refractivity contribution in [3.05, 3.63) is 65.5 Å². The largest absolute Gasteiger partial charge is 0.496 e. The van der Waals surface area contributed by atoms with E-state index in [0.717, 1.165) is 28.1 Å². The van der Waals surface area contributed by atoms with Crippen molar-refractivity contribution >= 4 is 23.3 Å². The third-order valence-corrected chi connectivity index (χ3v) is 5.54. The van der Waals surface area contributed by atoms with Crippen LogP contribution in [0.2, 0.25) is 0 Å². The Balaban J connectivity index is 1.47. The summed E-state index contributed by atoms with van der Waals surface area (Å²) >= 11 is 0. The van der Waals surface area contributed by atoms with E-state index in [4.69, 9.17) is 4.74 Å². The maximum absolute atomic E-state index is 11.9. The SMILES string of the molecule is CNC(=O)c1ccc([C@H](C)CNc2cc(-c3ccc4c(c3)CC(=O)N4)ncn2)c(OC)c1. The monoisotopic (exact) mass is 431 g/mol. The summed E-state index contributed by atoms with van der Waals surface area (Å²) in [5, 5.41) is 8.82. The van der Waals surface area contributed by atoms with Crippen molar-refractivity contribution in [3.8, 4) is 17.0 Å². The van der Waals surface area contributed by atoms with Crippen LogP contribution in [0.25, 0.3) is 11.3 Å². The predicted octanol–water partition coefficient (Wildman–Crippen LogP) is 3.22. The van der Waals surface area contributed by atoms with Gasteiger partial charge in [0.1, 0.15) is 17.9 Å². The molecule has 0 radical (unpaired) electrons. The van der Waals surface area contributed by atoms with Gasteiger partial charge in [0.25, 0.3) is 5.91 Å². The molecular formula is C24H25N5O3. The standard InChI is InChI=1S/C24H25N5O3/c1-14(18-6-4-16(24(31)25-2)9-21(18)32-3)12-26-22-11-20(27-13-28-22)15-5-7-19-17(8-15)10-23(30)29-19/h4-9,11,13-14H,10,12H2,1-3H3,(H,25,31)(H,29,30)(H,26,27,28)/t14-/m1/s1. The van der Waals surface area contributed by atoms with Gasteiger partial charge in [-0.15, -0.1) is 0 Å². The number of fused-ring (bicyclic) bond motifs is 1. The molecule has 0 spiro atoms. The zero-order valence-electron chi connectivity index (χ0n) is 18.2. The Kier molecular flexibility index (Phi) is 6.02. The zero-order chi connectivity index (χ0) is 22.7. The number of rotatable bonds is 7. The van der Waals surface area contributed by atoms with Crippen molar-refractivity contribution in [2.45, 2.75) is 19.3 Å². The number of amides is 2. The van der Waals surface area contributed by atoms with Gasteiger partial charge in [0.2, 0.25) is 5.91 Å². The van der Waals surface area contributed by atoms with Gasteiger partial charge in [0.15, 0.2) is 0 Å². The molecule has 164 valence electrons. The summed E-state index contributed by atoms with van der Waals surface area (Å²) in [5.74, 6) is 1.34. The van der Waals surface area contributed by atoms with Gasteiger partial charge in [0, 0.05) is 42.4 Å². The third-order valence-electron chi connectivity index (χ3n) is 5.54. The second-order valence-corrected chi connectivity index (χ2v) is 7.70. The Morgan fingerprint density at radius 3 is 2.81 bits per heavy atom. The molecule has 3 aromatic rings. The van der Waals surface area contributed by atoms with Crippen LogP contribution in [-0.2, 0) is 11.2 Å². The minimum atomic E-state index is -0.152. The molecule has 0 aliphatic carbocycles. The molecule has 3 N–H and O–H groups in total. The highest BCUT2D eigenvalue weighted by Gasteiger charge is 2.18. The van der Waals surface area contributed by atoms with Crippen molar-refractivity contribution in [1.29, 1.82) is 0 Å². The molecule has 1 atom stereocenters. The Hall–Kier alpha value is -3.94. The lowest BCUT2D eigenvalue weighted by molar-refractivity contribution is -0.115. The lowest BCUT2D eigenvalue weighted by Crippen LogP contribution is -2.18. The maximum atomic E-state index is 11.9. The Bertz CT molecular complexity index is 1180. The summed E-state index contributed by atoms with van der Waals surface area (Å²) in [6.45, 7) is 2.70. The molecule has 0 bridgehead atoms. The van der Waals surface area contributed by atoms with Crippen molar-refractivity contribution < 1.29 is 14.3 Å². The molecule has 2 aromatic carbocycles. The number of methoxy groups -OCH3 is 1. The highest BCUT2D eigenvalue weighted by Crippen LogP contribution is 2.30. The number of aromatic nitrogens is 2. The third kappa shape index (κ3) is 4.39. The van der Waals surface area contributed by atoms with E-state index in [9.17, 15) is 9.59 Å². The molecule has 1 aliphatic rings. The van der Waals surface area contributed by atoms with E-state index in [1.54, 1.807) is 26.3 Å². The van der Waals surface area contributed by atoms with Crippen LogP contribution in [0.5, 0.6) is 5.75 Å². The van der Waals surface area contributed by atoms with E-state index in [1.807, 2.05) is 30.3 Å². The van der Waals surface area contributed by atoms with Gasteiger partial charge in [0.05, 0.1) is 19.2 Å². The van der Waals surface area contributed by atoms with Gasteiger partial charge in [-0.2, -0.15) is 0 Å². The Morgan fingerprint density at radius 2 is 2.03 bits per heavy atom. The molecule has 32 heavy (non-hydrogen) atoms. The number of nitrogens with zero attached hydrogens (tertiary/aromatic N) is 2. The van der Waals surface area contributed by atoms with Crippen molar-refractivity contribution in [3.63, 3.8) is 0 Å². The van der Waals surface area contributed by atoms with Gasteiger partial charge < -0.3 is 20.7 Å². The molecular weight excluding hydrogens is 406 g/mol. The molecule has 8 nitrogen and oxygen atoms in total. The van der Waals surface area contributed by atoms with Crippen molar-refractivity contribution in [2.24, 2.45) is 0 Å². The van der Waals surface area contributed by atoms with E-state index < -0.39 is 0 Å². The van der Waals surface area contributed by atoms with Crippen molar-refractivity contribution in [1.82, 2.24) is 15.3 Å². The molecule has 2 heterocycles. The molecule has 1 aliphatic heterocycles. The fourth-order valence-electron chi connectivity index (χ4n) is 3.77. The molecule has 0 fully saturated rings. The van der Waals surface area contributed by atoms with Crippen molar-refractivity contribution in [2.75, 3.05) is 31.3 Å². The van der Waals surface area contributed by atoms with E-state index in [1.165, 1.54) is 6.33 Å². The molecule has 0 unspecified atom stereocenters. The van der Waals surface area contributed by atoms with E-state index >= 15 is 0 Å². The number of ether oxygens (including phenoxy) is 1. The first kappa shape index (κ1) is 21.3. The molecule has 1 aromatic heterocycles. The molecule has 8 heteroatoms. The average molecular weight is 431 g/mol. The lowest BCUT2D eigenvalue weighted by Gasteiger charge is -2.17. The number of nitrogens with one attached hydrogen (secondary N) is 3. The first-order chi connectivity index (χ1) is 15.5. The summed E-state index contributed by atoms with van der Waals surface area (Å²) in [7, 11) is 3.20. The first-order valence-electron chi connectivity index (χ1n) is 10.4. The van der Waals surface area contributed by atoms with Crippen LogP contribution in [0.3, 0.4) is 0 Å². The number of carbonyl (C=O) groups excluding carboxylic acids is 2. The highest BCUT2D eigenvalue weighted by atomic mass is 16.5. The van der Waals surface area contributed by atoms with E-state index in [2.05, 4.69) is 32.8 Å². The minimum Gasteiger partial charge on any atom is -0.496 e. The normalized spacial score (nSPS) is 13.2. The summed E-state index contributed by atoms with van der Waals surface area (Å²) in [5.41, 5.74) is 5.10. The smallest absolute Gasteiger partial charge is 0.251 e. The zero-order valence-corrected chi connectivity index (χ0v) is 18.2. The van der Waals surface area contributed by atoms with Crippen LogP contribution in [-0.4, -0.2) is 42.5 Å². The predicted molar refractivity (Wildman–Crippen MR) is 123 cm³/mol. The second kappa shape index (κ2) is 9.05. The van der Waals surface area contributed by atoms with Gasteiger partial charge >= 0.3 is 0 Å². The van der Waals surface area contributed by atoms with Gasteiger partial charge in [-0.05, 0) is 35.4 Å². The highest BCUT2D eigenvalue weighted by molar-refractivity contribution is 5.99. The van der Waals surface area contributed by atoms with Crippen LogP contribution in [0, 0.1) is 0 Å². The number of hydrogen-bond donors (Lipinski definition) is 3. The molecule has 0 saturated heterocycles. The second-order valence-electron chi connectivity index (χ2n) is 7.70. The Labute approximate surface area is 186 Å².